The highest BCUT2D eigenvalue weighted by atomic mass is 127. The summed E-state index contributed by atoms with van der Waals surface area (Å²) in [5, 5.41) is 4.16. The van der Waals surface area contributed by atoms with Crippen LogP contribution >= 0.6 is 24.0 Å². The van der Waals surface area contributed by atoms with Gasteiger partial charge in [-0.3, -0.25) is 9.67 Å². The van der Waals surface area contributed by atoms with Crippen LogP contribution in [0.3, 0.4) is 0 Å². The Balaban J connectivity index is 0.00000200. The van der Waals surface area contributed by atoms with E-state index in [4.69, 9.17) is 5.73 Å². The molecule has 0 spiro atoms. The van der Waals surface area contributed by atoms with Gasteiger partial charge in [0, 0.05) is 32.9 Å². The highest BCUT2D eigenvalue weighted by molar-refractivity contribution is 14.0. The van der Waals surface area contributed by atoms with Crippen molar-refractivity contribution in [3.8, 4) is 0 Å². The van der Waals surface area contributed by atoms with E-state index >= 15 is 0 Å². The molecule has 114 valence electrons. The average Bonchev–Trinajstić information content (AvgIpc) is 2.67. The maximum atomic E-state index is 6.06. The Morgan fingerprint density at radius 3 is 2.60 bits per heavy atom. The van der Waals surface area contributed by atoms with Gasteiger partial charge in [-0.05, 0) is 31.2 Å². The van der Waals surface area contributed by atoms with E-state index in [1.165, 1.54) is 31.2 Å². The predicted octanol–water partition coefficient (Wildman–Crippen LogP) is 2.16. The van der Waals surface area contributed by atoms with Crippen molar-refractivity contribution in [2.45, 2.75) is 38.5 Å². The Hall–Kier alpha value is -0.790. The van der Waals surface area contributed by atoms with E-state index in [9.17, 15) is 0 Å². The average molecular weight is 391 g/mol. The second-order valence-corrected chi connectivity index (χ2v) is 5.27. The molecule has 1 fully saturated rings. The zero-order chi connectivity index (χ0) is 13.5. The van der Waals surface area contributed by atoms with Crippen molar-refractivity contribution in [3.05, 3.63) is 18.0 Å². The number of halogens is 1. The summed E-state index contributed by atoms with van der Waals surface area (Å²) in [5.74, 6) is 0.730. The highest BCUT2D eigenvalue weighted by Gasteiger charge is 2.10. The maximum Gasteiger partial charge on any atom is 0.191 e. The van der Waals surface area contributed by atoms with E-state index in [0.29, 0.717) is 0 Å². The first kappa shape index (κ1) is 17.3. The molecule has 0 bridgehead atoms. The van der Waals surface area contributed by atoms with Crippen LogP contribution in [-0.4, -0.2) is 40.3 Å². The SMILES string of the molecule is Cn1cc(CCCN=C(N)N2CCCCCC2)cn1.I. The fourth-order valence-electron chi connectivity index (χ4n) is 2.48. The van der Waals surface area contributed by atoms with Crippen LogP contribution < -0.4 is 5.73 Å². The number of guanidine groups is 1. The quantitative estimate of drug-likeness (QED) is 0.370. The topological polar surface area (TPSA) is 59.4 Å². The van der Waals surface area contributed by atoms with E-state index in [1.54, 1.807) is 0 Å². The standard InChI is InChI=1S/C14H25N5.HI/c1-18-12-13(11-17-18)7-6-8-16-14(15)19-9-4-2-3-5-10-19;/h11-12H,2-10H2,1H3,(H2,15,16);1H. The molecule has 0 amide bonds. The lowest BCUT2D eigenvalue weighted by Gasteiger charge is -2.21. The molecule has 20 heavy (non-hydrogen) atoms. The molecule has 2 N–H and O–H groups in total. The summed E-state index contributed by atoms with van der Waals surface area (Å²) < 4.78 is 1.84. The van der Waals surface area contributed by atoms with E-state index in [2.05, 4.69) is 21.2 Å². The van der Waals surface area contributed by atoms with Crippen molar-refractivity contribution in [3.63, 3.8) is 0 Å². The summed E-state index contributed by atoms with van der Waals surface area (Å²) in [4.78, 5) is 6.74. The van der Waals surface area contributed by atoms with Gasteiger partial charge < -0.3 is 10.6 Å². The van der Waals surface area contributed by atoms with Gasteiger partial charge >= 0.3 is 0 Å². The molecule has 1 aromatic heterocycles. The fourth-order valence-corrected chi connectivity index (χ4v) is 2.48. The van der Waals surface area contributed by atoms with Gasteiger partial charge in [-0.15, -0.1) is 24.0 Å². The second kappa shape index (κ2) is 9.20. The Bertz CT molecular complexity index is 407. The molecule has 5 nitrogen and oxygen atoms in total. The molecule has 0 aliphatic carbocycles. The van der Waals surface area contributed by atoms with Crippen molar-refractivity contribution in [1.29, 1.82) is 0 Å². The van der Waals surface area contributed by atoms with Crippen LogP contribution in [-0.2, 0) is 13.5 Å². The van der Waals surface area contributed by atoms with Gasteiger partial charge in [-0.1, -0.05) is 12.8 Å². The predicted molar refractivity (Wildman–Crippen MR) is 93.5 cm³/mol. The van der Waals surface area contributed by atoms with Crippen LogP contribution in [0.15, 0.2) is 17.4 Å². The molecule has 1 saturated heterocycles. The Morgan fingerprint density at radius 2 is 2.00 bits per heavy atom. The number of nitrogens with two attached hydrogens (primary N) is 1. The zero-order valence-corrected chi connectivity index (χ0v) is 14.6. The lowest BCUT2D eigenvalue weighted by Crippen LogP contribution is -2.38. The summed E-state index contributed by atoms with van der Waals surface area (Å²) in [7, 11) is 1.94. The number of aryl methyl sites for hydroxylation is 2. The molecule has 1 aliphatic heterocycles. The molecular formula is C14H26IN5. The van der Waals surface area contributed by atoms with Crippen LogP contribution in [0.2, 0.25) is 0 Å². The lowest BCUT2D eigenvalue weighted by molar-refractivity contribution is 0.428. The number of nitrogens with zero attached hydrogens (tertiary/aromatic N) is 4. The van der Waals surface area contributed by atoms with Gasteiger partial charge in [0.05, 0.1) is 6.20 Å². The van der Waals surface area contributed by atoms with Crippen molar-refractivity contribution < 1.29 is 0 Å². The largest absolute Gasteiger partial charge is 0.370 e. The molecule has 0 saturated carbocycles. The van der Waals surface area contributed by atoms with Gasteiger partial charge in [0.2, 0.25) is 0 Å². The molecule has 2 heterocycles. The van der Waals surface area contributed by atoms with Crippen LogP contribution in [0, 0.1) is 0 Å². The van der Waals surface area contributed by atoms with E-state index < -0.39 is 0 Å². The maximum absolute atomic E-state index is 6.06. The number of rotatable bonds is 4. The first-order valence-electron chi connectivity index (χ1n) is 7.28. The Kier molecular flexibility index (Phi) is 7.94. The molecule has 1 aromatic rings. The first-order valence-corrected chi connectivity index (χ1v) is 7.28. The number of likely N-dealkylation sites (tertiary alicyclic amines) is 1. The molecule has 0 atom stereocenters. The lowest BCUT2D eigenvalue weighted by atomic mass is 10.2. The van der Waals surface area contributed by atoms with Gasteiger partial charge in [-0.25, -0.2) is 0 Å². The molecule has 0 radical (unpaired) electrons. The van der Waals surface area contributed by atoms with E-state index in [0.717, 1.165) is 38.4 Å². The minimum absolute atomic E-state index is 0. The monoisotopic (exact) mass is 391 g/mol. The van der Waals surface area contributed by atoms with E-state index in [1.807, 2.05) is 17.9 Å². The van der Waals surface area contributed by atoms with Crippen LogP contribution in [0.4, 0.5) is 0 Å². The number of hydrogen-bond acceptors (Lipinski definition) is 2. The Labute approximate surface area is 138 Å². The van der Waals surface area contributed by atoms with Gasteiger partial charge in [0.1, 0.15) is 0 Å². The highest BCUT2D eigenvalue weighted by Crippen LogP contribution is 2.09. The molecule has 2 rings (SSSR count). The third-order valence-electron chi connectivity index (χ3n) is 3.59. The van der Waals surface area contributed by atoms with Crippen molar-refractivity contribution in [2.24, 2.45) is 17.8 Å². The summed E-state index contributed by atoms with van der Waals surface area (Å²) in [6.45, 7) is 2.94. The molecule has 0 aromatic carbocycles. The Morgan fingerprint density at radius 1 is 1.30 bits per heavy atom. The van der Waals surface area contributed by atoms with Crippen LogP contribution in [0.25, 0.3) is 0 Å². The van der Waals surface area contributed by atoms with E-state index in [-0.39, 0.29) is 24.0 Å². The zero-order valence-electron chi connectivity index (χ0n) is 12.3. The molecule has 0 unspecified atom stereocenters. The third kappa shape index (κ3) is 5.68. The number of aromatic nitrogens is 2. The smallest absolute Gasteiger partial charge is 0.191 e. The summed E-state index contributed by atoms with van der Waals surface area (Å²) in [6, 6.07) is 0. The molecular weight excluding hydrogens is 365 g/mol. The minimum Gasteiger partial charge on any atom is -0.370 e. The summed E-state index contributed by atoms with van der Waals surface area (Å²) >= 11 is 0. The second-order valence-electron chi connectivity index (χ2n) is 5.27. The normalized spacial score (nSPS) is 16.6. The summed E-state index contributed by atoms with van der Waals surface area (Å²) in [5.41, 5.74) is 7.33. The van der Waals surface area contributed by atoms with Gasteiger partial charge in [0.15, 0.2) is 5.96 Å². The number of hydrogen-bond donors (Lipinski definition) is 1. The van der Waals surface area contributed by atoms with Crippen molar-refractivity contribution in [2.75, 3.05) is 19.6 Å². The summed E-state index contributed by atoms with van der Waals surface area (Å²) in [6.07, 6.45) is 11.2. The van der Waals surface area contributed by atoms with Crippen LogP contribution in [0.5, 0.6) is 0 Å². The number of aliphatic imine (C=N–C) groups is 1. The van der Waals surface area contributed by atoms with Crippen molar-refractivity contribution >= 4 is 29.9 Å². The van der Waals surface area contributed by atoms with Gasteiger partial charge in [-0.2, -0.15) is 5.10 Å². The third-order valence-corrected chi connectivity index (χ3v) is 3.59. The van der Waals surface area contributed by atoms with Crippen LogP contribution in [0.1, 0.15) is 37.7 Å². The fraction of sp³-hybridized carbons (Fsp3) is 0.714. The molecule has 6 heteroatoms. The first-order chi connectivity index (χ1) is 9.25. The minimum atomic E-state index is 0. The van der Waals surface area contributed by atoms with Crippen molar-refractivity contribution in [1.82, 2.24) is 14.7 Å². The van der Waals surface area contributed by atoms with Gasteiger partial charge in [0.25, 0.3) is 0 Å². The molecule has 1 aliphatic rings.